The van der Waals surface area contributed by atoms with Crippen molar-refractivity contribution in [2.75, 3.05) is 7.11 Å². The normalized spacial score (nSPS) is 25.3. The minimum Gasteiger partial charge on any atom is -0.468 e. The molecule has 0 aliphatic heterocycles. The molecule has 0 radical (unpaired) electrons. The van der Waals surface area contributed by atoms with E-state index in [0.717, 1.165) is 0 Å². The van der Waals surface area contributed by atoms with Gasteiger partial charge in [0.25, 0.3) is 0 Å². The van der Waals surface area contributed by atoms with Crippen LogP contribution in [0.4, 0.5) is 0 Å². The molecule has 0 aromatic heterocycles. The molecule has 2 atom stereocenters. The number of rotatable bonds is 3. The summed E-state index contributed by atoms with van der Waals surface area (Å²) < 4.78 is 9.54. The Labute approximate surface area is 115 Å². The Morgan fingerprint density at radius 3 is 2.47 bits per heavy atom. The molecule has 7 heteroatoms. The lowest BCUT2D eigenvalue weighted by molar-refractivity contribution is -0.145. The van der Waals surface area contributed by atoms with Crippen LogP contribution in [0.15, 0.2) is 24.0 Å². The SMILES string of the molecule is COC(=O)C1C=CC(Cl)(NC(C)=O)C=C1OC(C)=O. The van der Waals surface area contributed by atoms with E-state index >= 15 is 0 Å². The first-order valence-electron chi connectivity index (χ1n) is 5.43. The molecular formula is C12H14ClNO5. The smallest absolute Gasteiger partial charge is 0.320 e. The van der Waals surface area contributed by atoms with Crippen molar-refractivity contribution in [2.24, 2.45) is 5.92 Å². The van der Waals surface area contributed by atoms with Gasteiger partial charge in [0.05, 0.1) is 7.11 Å². The molecule has 1 aliphatic rings. The summed E-state index contributed by atoms with van der Waals surface area (Å²) in [7, 11) is 1.22. The summed E-state index contributed by atoms with van der Waals surface area (Å²) in [4.78, 5) is 32.3. The number of hydrogen-bond donors (Lipinski definition) is 1. The van der Waals surface area contributed by atoms with Gasteiger partial charge in [-0.3, -0.25) is 14.4 Å². The Hall–Kier alpha value is -1.82. The molecule has 19 heavy (non-hydrogen) atoms. The van der Waals surface area contributed by atoms with Crippen LogP contribution in [0.5, 0.6) is 0 Å². The molecule has 2 unspecified atom stereocenters. The van der Waals surface area contributed by atoms with Gasteiger partial charge in [-0.2, -0.15) is 0 Å². The first kappa shape index (κ1) is 15.2. The Morgan fingerprint density at radius 2 is 2.00 bits per heavy atom. The first-order chi connectivity index (χ1) is 8.77. The van der Waals surface area contributed by atoms with Crippen LogP contribution in [-0.2, 0) is 23.9 Å². The molecule has 0 aromatic rings. The van der Waals surface area contributed by atoms with E-state index in [1.54, 1.807) is 0 Å². The molecule has 104 valence electrons. The topological polar surface area (TPSA) is 81.7 Å². The van der Waals surface area contributed by atoms with E-state index in [1.165, 1.54) is 39.2 Å². The Morgan fingerprint density at radius 1 is 1.37 bits per heavy atom. The van der Waals surface area contributed by atoms with E-state index in [2.05, 4.69) is 10.1 Å². The van der Waals surface area contributed by atoms with E-state index in [4.69, 9.17) is 16.3 Å². The standard InChI is InChI=1S/C12H14ClNO5/c1-7(15)14-12(13)5-4-9(11(17)18-3)10(6-12)19-8(2)16/h4-6,9H,1-3H3,(H,14,15). The zero-order valence-corrected chi connectivity index (χ0v) is 11.5. The summed E-state index contributed by atoms with van der Waals surface area (Å²) in [6.07, 6.45) is 4.12. The maximum absolute atomic E-state index is 11.6. The molecule has 0 bridgehead atoms. The number of ether oxygens (including phenoxy) is 2. The van der Waals surface area contributed by atoms with Crippen LogP contribution in [0.1, 0.15) is 13.8 Å². The number of alkyl halides is 1. The predicted octanol–water partition coefficient (Wildman–Crippen LogP) is 0.864. The number of nitrogens with one attached hydrogen (secondary N) is 1. The summed E-state index contributed by atoms with van der Waals surface area (Å²) in [6, 6.07) is 0. The largest absolute Gasteiger partial charge is 0.468 e. The van der Waals surface area contributed by atoms with Crippen molar-refractivity contribution >= 4 is 29.4 Å². The van der Waals surface area contributed by atoms with Gasteiger partial charge >= 0.3 is 11.9 Å². The number of carbonyl (C=O) groups excluding carboxylic acids is 3. The monoisotopic (exact) mass is 287 g/mol. The Kier molecular flexibility index (Phi) is 4.72. The molecule has 1 aliphatic carbocycles. The fraction of sp³-hybridized carbons (Fsp3) is 0.417. The molecule has 1 N–H and O–H groups in total. The molecule has 0 saturated carbocycles. The molecule has 0 fully saturated rings. The van der Waals surface area contributed by atoms with Crippen molar-refractivity contribution in [1.82, 2.24) is 5.32 Å². The van der Waals surface area contributed by atoms with Crippen molar-refractivity contribution in [1.29, 1.82) is 0 Å². The molecule has 0 spiro atoms. The summed E-state index contributed by atoms with van der Waals surface area (Å²) >= 11 is 6.12. The van der Waals surface area contributed by atoms with Crippen LogP contribution in [0.2, 0.25) is 0 Å². The Bertz CT molecular complexity index is 471. The quantitative estimate of drug-likeness (QED) is 0.360. The van der Waals surface area contributed by atoms with Crippen LogP contribution < -0.4 is 5.32 Å². The second-order valence-corrected chi connectivity index (χ2v) is 4.57. The number of methoxy groups -OCH3 is 1. The van der Waals surface area contributed by atoms with Gasteiger partial charge < -0.3 is 14.8 Å². The third kappa shape index (κ3) is 4.10. The third-order valence-corrected chi connectivity index (χ3v) is 2.60. The van der Waals surface area contributed by atoms with Gasteiger partial charge in [-0.15, -0.1) is 0 Å². The minimum absolute atomic E-state index is 0.0191. The summed E-state index contributed by atoms with van der Waals surface area (Å²) in [5.74, 6) is -2.41. The van der Waals surface area contributed by atoms with Crippen LogP contribution in [-0.4, -0.2) is 30.0 Å². The van der Waals surface area contributed by atoms with Crippen molar-refractivity contribution in [3.8, 4) is 0 Å². The lowest BCUT2D eigenvalue weighted by atomic mass is 9.98. The van der Waals surface area contributed by atoms with E-state index in [1.807, 2.05) is 0 Å². The van der Waals surface area contributed by atoms with E-state index < -0.39 is 22.9 Å². The fourth-order valence-electron chi connectivity index (χ4n) is 1.60. The van der Waals surface area contributed by atoms with Gasteiger partial charge in [0.15, 0.2) is 5.00 Å². The van der Waals surface area contributed by atoms with Crippen molar-refractivity contribution in [3.05, 3.63) is 24.0 Å². The van der Waals surface area contributed by atoms with Crippen molar-refractivity contribution in [2.45, 2.75) is 18.8 Å². The third-order valence-electron chi connectivity index (χ3n) is 2.27. The molecule has 1 amide bonds. The highest BCUT2D eigenvalue weighted by molar-refractivity contribution is 6.27. The van der Waals surface area contributed by atoms with Gasteiger partial charge in [-0.25, -0.2) is 0 Å². The van der Waals surface area contributed by atoms with Crippen LogP contribution in [0.3, 0.4) is 0 Å². The number of halogens is 1. The van der Waals surface area contributed by atoms with E-state index in [-0.39, 0.29) is 11.7 Å². The van der Waals surface area contributed by atoms with Crippen molar-refractivity contribution in [3.63, 3.8) is 0 Å². The highest BCUT2D eigenvalue weighted by atomic mass is 35.5. The van der Waals surface area contributed by atoms with Gasteiger partial charge in [-0.05, 0) is 12.2 Å². The molecular weight excluding hydrogens is 274 g/mol. The highest BCUT2D eigenvalue weighted by Gasteiger charge is 2.34. The zero-order valence-electron chi connectivity index (χ0n) is 10.7. The summed E-state index contributed by atoms with van der Waals surface area (Å²) in [5, 5.41) is 2.46. The summed E-state index contributed by atoms with van der Waals surface area (Å²) in [6.45, 7) is 2.49. The Balaban J connectivity index is 3.06. The molecule has 6 nitrogen and oxygen atoms in total. The average molecular weight is 288 g/mol. The van der Waals surface area contributed by atoms with Gasteiger partial charge in [0.2, 0.25) is 5.91 Å². The molecule has 1 rings (SSSR count). The molecule has 0 saturated heterocycles. The second-order valence-electron chi connectivity index (χ2n) is 3.95. The maximum Gasteiger partial charge on any atom is 0.320 e. The maximum atomic E-state index is 11.6. The lowest BCUT2D eigenvalue weighted by Gasteiger charge is -2.27. The van der Waals surface area contributed by atoms with Crippen LogP contribution in [0, 0.1) is 5.92 Å². The lowest BCUT2D eigenvalue weighted by Crippen LogP contribution is -2.42. The second kappa shape index (κ2) is 5.88. The average Bonchev–Trinajstić information content (AvgIpc) is 2.25. The molecule has 0 aromatic carbocycles. The number of esters is 2. The van der Waals surface area contributed by atoms with E-state index in [9.17, 15) is 14.4 Å². The number of hydrogen-bond acceptors (Lipinski definition) is 5. The highest BCUT2D eigenvalue weighted by Crippen LogP contribution is 2.29. The van der Waals surface area contributed by atoms with Crippen LogP contribution in [0.25, 0.3) is 0 Å². The van der Waals surface area contributed by atoms with Gasteiger partial charge in [0, 0.05) is 13.8 Å². The first-order valence-corrected chi connectivity index (χ1v) is 5.81. The minimum atomic E-state index is -1.33. The van der Waals surface area contributed by atoms with Gasteiger partial charge in [-0.1, -0.05) is 17.7 Å². The predicted molar refractivity (Wildman–Crippen MR) is 66.9 cm³/mol. The van der Waals surface area contributed by atoms with E-state index in [0.29, 0.717) is 0 Å². The van der Waals surface area contributed by atoms with Gasteiger partial charge in [0.1, 0.15) is 11.7 Å². The summed E-state index contributed by atoms with van der Waals surface area (Å²) in [5.41, 5.74) is 0. The van der Waals surface area contributed by atoms with Crippen molar-refractivity contribution < 1.29 is 23.9 Å². The zero-order chi connectivity index (χ0) is 14.6. The molecule has 0 heterocycles. The number of carbonyl (C=O) groups is 3. The van der Waals surface area contributed by atoms with Crippen LogP contribution >= 0.6 is 11.6 Å². The number of amides is 1. The fourth-order valence-corrected chi connectivity index (χ4v) is 1.92.